The summed E-state index contributed by atoms with van der Waals surface area (Å²) < 4.78 is 33.1. The molecule has 0 heterocycles. The molecule has 0 spiro atoms. The van der Waals surface area contributed by atoms with Crippen LogP contribution in [0.2, 0.25) is 3.67 Å². The number of halogens is 1. The van der Waals surface area contributed by atoms with E-state index >= 15 is 0 Å². The maximum atomic E-state index is 8.74. The molecule has 124 valence electrons. The summed E-state index contributed by atoms with van der Waals surface area (Å²) in [4.78, 5) is 0. The molecule has 0 aromatic carbocycles. The van der Waals surface area contributed by atoms with E-state index in [1.165, 1.54) is 95.8 Å². The van der Waals surface area contributed by atoms with Crippen LogP contribution in [0.3, 0.4) is 0 Å². The molecule has 0 saturated carbocycles. The molecule has 0 atom stereocenters. The molecule has 0 fully saturated rings. The average molecular weight is 433 g/mol. The zero-order chi connectivity index (χ0) is 14.3. The fourth-order valence-corrected chi connectivity index (χ4v) is 2.24. The van der Waals surface area contributed by atoms with Gasteiger partial charge in [-0.3, -0.25) is 9.11 Å². The van der Waals surface area contributed by atoms with Gasteiger partial charge in [0.1, 0.15) is 0 Å². The van der Waals surface area contributed by atoms with Gasteiger partial charge in [0.05, 0.1) is 0 Å². The Kier molecular flexibility index (Phi) is 34.4. The van der Waals surface area contributed by atoms with Crippen molar-refractivity contribution < 1.29 is 37.9 Å². The summed E-state index contributed by atoms with van der Waals surface area (Å²) >= 11 is 1.41. The van der Waals surface area contributed by atoms with Gasteiger partial charge in [-0.1, -0.05) is 0 Å². The molecule has 0 amide bonds. The van der Waals surface area contributed by atoms with Gasteiger partial charge >= 0.3 is 113 Å². The minimum Gasteiger partial charge on any atom is -0.264 e. The second kappa shape index (κ2) is 23.1. The van der Waals surface area contributed by atoms with E-state index in [1.54, 1.807) is 0 Å². The van der Waals surface area contributed by atoms with Crippen molar-refractivity contribution in [2.45, 2.75) is 74.8 Å². The minimum absolute atomic E-state index is 0. The Morgan fingerprint density at radius 2 is 1.05 bits per heavy atom. The molecule has 0 aromatic heterocycles. The maximum absolute atomic E-state index is 8.74. The third-order valence-electron chi connectivity index (χ3n) is 2.71. The fourth-order valence-electron chi connectivity index (χ4n) is 1.74. The first-order valence-electron chi connectivity index (χ1n) is 7.11. The van der Waals surface area contributed by atoms with Gasteiger partial charge in [-0.2, -0.15) is 8.42 Å². The maximum Gasteiger partial charge on any atom is 0.394 e. The third-order valence-corrected chi connectivity index (χ3v) is 3.41. The Morgan fingerprint density at radius 3 is 1.30 bits per heavy atom. The SMILES string of the molecule is CCCCCCCCCCC[CH2][Na].Cl.O=S(=O)(O)O.[Pd]. The van der Waals surface area contributed by atoms with E-state index in [0.29, 0.717) is 0 Å². The summed E-state index contributed by atoms with van der Waals surface area (Å²) in [6.07, 6.45) is 14.7. The Hall–Kier alpha value is 1.82. The number of unbranched alkanes of at least 4 members (excludes halogenated alkanes) is 9. The fraction of sp³-hybridized carbons (Fsp3) is 1.00. The molecule has 0 saturated heterocycles. The monoisotopic (exact) mass is 432 g/mol. The van der Waals surface area contributed by atoms with Crippen LogP contribution in [0.15, 0.2) is 0 Å². The van der Waals surface area contributed by atoms with Crippen molar-refractivity contribution in [3.8, 4) is 0 Å². The molecule has 4 nitrogen and oxygen atoms in total. The normalized spacial score (nSPS) is 9.85. The summed E-state index contributed by atoms with van der Waals surface area (Å²) in [6, 6.07) is 0. The van der Waals surface area contributed by atoms with Gasteiger partial charge in [-0.05, 0) is 0 Å². The molecule has 0 bridgehead atoms. The van der Waals surface area contributed by atoms with Crippen LogP contribution < -0.4 is 0 Å². The van der Waals surface area contributed by atoms with Crippen molar-refractivity contribution in [2.24, 2.45) is 0 Å². The molecule has 0 aliphatic heterocycles. The molecule has 0 aliphatic carbocycles. The topological polar surface area (TPSA) is 74.6 Å². The van der Waals surface area contributed by atoms with Gasteiger partial charge in [0.25, 0.3) is 0 Å². The number of hydrogen-bond donors (Lipinski definition) is 2. The van der Waals surface area contributed by atoms with Crippen molar-refractivity contribution in [3.05, 3.63) is 0 Å². The smallest absolute Gasteiger partial charge is 0.264 e. The second-order valence-corrected chi connectivity index (χ2v) is 6.53. The number of rotatable bonds is 10. The Labute approximate surface area is 162 Å². The zero-order valence-corrected chi connectivity index (χ0v) is 17.8. The standard InChI is InChI=1S/C12H25.ClH.Na.H2O4S.Pd/c1-3-5-7-9-11-12-10-8-6-4-2;;;1-5(2,3)4;/h1,3-12H2,2H3;1H;;(H2,1,2,3,4);. The summed E-state index contributed by atoms with van der Waals surface area (Å²) in [7, 11) is -4.67. The molecular weight excluding hydrogens is 405 g/mol. The molecular formula is C12H28ClNaO4PdS. The predicted molar refractivity (Wildman–Crippen MR) is 83.8 cm³/mol. The summed E-state index contributed by atoms with van der Waals surface area (Å²) in [5.74, 6) is 0. The van der Waals surface area contributed by atoms with Crippen LogP contribution in [0.25, 0.3) is 0 Å². The van der Waals surface area contributed by atoms with Crippen LogP contribution in [-0.2, 0) is 30.8 Å². The van der Waals surface area contributed by atoms with Crippen molar-refractivity contribution in [3.63, 3.8) is 0 Å². The van der Waals surface area contributed by atoms with Crippen molar-refractivity contribution in [2.75, 3.05) is 0 Å². The van der Waals surface area contributed by atoms with E-state index in [0.717, 1.165) is 0 Å². The molecule has 0 aliphatic rings. The van der Waals surface area contributed by atoms with E-state index in [-0.39, 0.29) is 32.8 Å². The van der Waals surface area contributed by atoms with Gasteiger partial charge in [-0.25, -0.2) is 0 Å². The van der Waals surface area contributed by atoms with Crippen LogP contribution in [0, 0.1) is 0 Å². The van der Waals surface area contributed by atoms with Gasteiger partial charge in [-0.15, -0.1) is 12.4 Å². The largest absolute Gasteiger partial charge is 0.394 e. The second-order valence-electron chi connectivity index (χ2n) is 4.63. The quantitative estimate of drug-likeness (QED) is 0.307. The van der Waals surface area contributed by atoms with Gasteiger partial charge in [0.15, 0.2) is 0 Å². The van der Waals surface area contributed by atoms with Gasteiger partial charge in [0.2, 0.25) is 0 Å². The first-order valence-corrected chi connectivity index (χ1v) is 9.92. The zero-order valence-electron chi connectivity index (χ0n) is 12.6. The molecule has 2 N–H and O–H groups in total. The molecule has 0 rings (SSSR count). The van der Waals surface area contributed by atoms with E-state index in [2.05, 4.69) is 6.92 Å². The summed E-state index contributed by atoms with van der Waals surface area (Å²) in [5, 5.41) is 0. The van der Waals surface area contributed by atoms with Crippen molar-refractivity contribution in [1.82, 2.24) is 0 Å². The van der Waals surface area contributed by atoms with Gasteiger partial charge < -0.3 is 0 Å². The Bertz CT molecular complexity index is 236. The molecule has 8 heteroatoms. The molecule has 20 heavy (non-hydrogen) atoms. The van der Waals surface area contributed by atoms with Crippen molar-refractivity contribution in [1.29, 1.82) is 0 Å². The third kappa shape index (κ3) is 50.2. The van der Waals surface area contributed by atoms with Crippen LogP contribution in [0.5, 0.6) is 0 Å². The van der Waals surface area contributed by atoms with Gasteiger partial charge in [0, 0.05) is 20.4 Å². The first kappa shape index (κ1) is 29.8. The molecule has 0 radical (unpaired) electrons. The summed E-state index contributed by atoms with van der Waals surface area (Å²) in [6.45, 7) is 2.29. The van der Waals surface area contributed by atoms with Crippen molar-refractivity contribution >= 4 is 50.7 Å². The van der Waals surface area contributed by atoms with Crippen LogP contribution in [0.4, 0.5) is 0 Å². The van der Waals surface area contributed by atoms with Crippen LogP contribution in [-0.4, -0.2) is 45.5 Å². The van der Waals surface area contributed by atoms with Crippen LogP contribution in [0.1, 0.15) is 71.1 Å². The average Bonchev–Trinajstić information content (AvgIpc) is 2.25. The summed E-state index contributed by atoms with van der Waals surface area (Å²) in [5.41, 5.74) is 0. The van der Waals surface area contributed by atoms with Crippen LogP contribution >= 0.6 is 12.4 Å². The first-order chi connectivity index (χ1) is 8.41. The molecule has 0 unspecified atom stereocenters. The Balaban J connectivity index is -0.000000158. The predicted octanol–water partition coefficient (Wildman–Crippen LogP) is 4.26. The van der Waals surface area contributed by atoms with E-state index in [4.69, 9.17) is 17.5 Å². The van der Waals surface area contributed by atoms with E-state index in [9.17, 15) is 0 Å². The number of hydrogen-bond acceptors (Lipinski definition) is 2. The van der Waals surface area contributed by atoms with E-state index < -0.39 is 10.4 Å². The minimum atomic E-state index is -4.67. The molecule has 0 aromatic rings. The Morgan fingerprint density at radius 1 is 0.800 bits per heavy atom. The van der Waals surface area contributed by atoms with E-state index in [1.807, 2.05) is 0 Å².